The van der Waals surface area contributed by atoms with Crippen LogP contribution in [0.15, 0.2) is 12.2 Å². The second kappa shape index (κ2) is 7.54. The Labute approximate surface area is 98.5 Å². The van der Waals surface area contributed by atoms with E-state index in [4.69, 9.17) is 4.74 Å². The summed E-state index contributed by atoms with van der Waals surface area (Å²) in [5.74, 6) is -0.383. The molecule has 0 amide bonds. The SMILES string of the molecule is C=C(C)C(=O)OCCCCCCC(F)(F)[SiH3]. The van der Waals surface area contributed by atoms with Crippen LogP contribution in [0.5, 0.6) is 0 Å². The van der Waals surface area contributed by atoms with Crippen molar-refractivity contribution >= 4 is 16.2 Å². The minimum absolute atomic E-state index is 0.00915. The number of halogens is 2. The van der Waals surface area contributed by atoms with Crippen molar-refractivity contribution in [1.82, 2.24) is 0 Å². The van der Waals surface area contributed by atoms with Gasteiger partial charge in [-0.1, -0.05) is 19.4 Å². The summed E-state index contributed by atoms with van der Waals surface area (Å²) in [7, 11) is -0.0692. The average Bonchev–Trinajstić information content (AvgIpc) is 2.14. The third-order valence-electron chi connectivity index (χ3n) is 2.09. The highest BCUT2D eigenvalue weighted by Crippen LogP contribution is 2.17. The van der Waals surface area contributed by atoms with Gasteiger partial charge < -0.3 is 4.74 Å². The van der Waals surface area contributed by atoms with E-state index in [1.165, 1.54) is 0 Å². The van der Waals surface area contributed by atoms with Gasteiger partial charge in [-0.15, -0.1) is 0 Å². The van der Waals surface area contributed by atoms with Crippen molar-refractivity contribution < 1.29 is 18.3 Å². The molecule has 0 spiro atoms. The minimum Gasteiger partial charge on any atom is -0.462 e. The summed E-state index contributed by atoms with van der Waals surface area (Å²) in [5, 5.41) is 0. The van der Waals surface area contributed by atoms with E-state index in [0.29, 0.717) is 18.6 Å². The summed E-state index contributed by atoms with van der Waals surface area (Å²) in [6.45, 7) is 5.40. The van der Waals surface area contributed by atoms with Crippen molar-refractivity contribution in [3.63, 3.8) is 0 Å². The number of esters is 1. The number of ether oxygens (including phenoxy) is 1. The molecule has 0 aliphatic heterocycles. The maximum Gasteiger partial charge on any atom is 0.333 e. The van der Waals surface area contributed by atoms with E-state index in [1.54, 1.807) is 6.92 Å². The number of carbonyl (C=O) groups excluding carboxylic acids is 1. The first kappa shape index (κ1) is 15.3. The first-order valence-electron chi connectivity index (χ1n) is 5.53. The smallest absolute Gasteiger partial charge is 0.333 e. The van der Waals surface area contributed by atoms with Crippen LogP contribution in [0.4, 0.5) is 8.78 Å². The molecule has 0 radical (unpaired) electrons. The topological polar surface area (TPSA) is 26.3 Å². The monoisotopic (exact) mass is 250 g/mol. The molecule has 16 heavy (non-hydrogen) atoms. The average molecular weight is 250 g/mol. The predicted molar refractivity (Wildman–Crippen MR) is 63.7 cm³/mol. The van der Waals surface area contributed by atoms with Crippen LogP contribution in [0.25, 0.3) is 0 Å². The van der Waals surface area contributed by atoms with E-state index in [2.05, 4.69) is 6.58 Å². The Hall–Kier alpha value is -0.713. The highest BCUT2D eigenvalue weighted by atomic mass is 28.1. The zero-order valence-electron chi connectivity index (χ0n) is 10.0. The van der Waals surface area contributed by atoms with Gasteiger partial charge in [-0.3, -0.25) is 0 Å². The molecule has 0 aromatic carbocycles. The van der Waals surface area contributed by atoms with Crippen LogP contribution in [-0.4, -0.2) is 28.4 Å². The second-order valence-electron chi connectivity index (χ2n) is 4.15. The molecule has 0 aromatic heterocycles. The quantitative estimate of drug-likeness (QED) is 0.285. The van der Waals surface area contributed by atoms with Gasteiger partial charge in [0.2, 0.25) is 5.55 Å². The molecule has 0 rings (SSSR count). The van der Waals surface area contributed by atoms with Gasteiger partial charge in [0.15, 0.2) is 0 Å². The lowest BCUT2D eigenvalue weighted by Crippen LogP contribution is -2.14. The molecule has 0 atom stereocenters. The van der Waals surface area contributed by atoms with E-state index in [9.17, 15) is 13.6 Å². The van der Waals surface area contributed by atoms with Gasteiger partial charge in [-0.05, 0) is 19.8 Å². The highest BCUT2D eigenvalue weighted by molar-refractivity contribution is 6.13. The summed E-state index contributed by atoms with van der Waals surface area (Å²) < 4.78 is 29.8. The van der Waals surface area contributed by atoms with Crippen LogP contribution in [0.3, 0.4) is 0 Å². The van der Waals surface area contributed by atoms with Gasteiger partial charge in [-0.2, -0.15) is 0 Å². The number of unbranched alkanes of at least 4 members (excludes halogenated alkanes) is 3. The zero-order valence-corrected chi connectivity index (χ0v) is 12.0. The molecular formula is C11H20F2O2Si. The van der Waals surface area contributed by atoms with E-state index in [-0.39, 0.29) is 22.6 Å². The van der Waals surface area contributed by atoms with E-state index in [1.807, 2.05) is 0 Å². The van der Waals surface area contributed by atoms with Crippen molar-refractivity contribution in [3.05, 3.63) is 12.2 Å². The van der Waals surface area contributed by atoms with Gasteiger partial charge in [-0.25, -0.2) is 13.6 Å². The highest BCUT2D eigenvalue weighted by Gasteiger charge is 2.18. The van der Waals surface area contributed by atoms with Crippen molar-refractivity contribution in [2.75, 3.05) is 6.61 Å². The molecule has 0 unspecified atom stereocenters. The summed E-state index contributed by atoms with van der Waals surface area (Å²) in [5.41, 5.74) is -2.04. The number of alkyl halides is 2. The normalized spacial score (nSPS) is 11.4. The van der Waals surface area contributed by atoms with Gasteiger partial charge >= 0.3 is 5.97 Å². The molecule has 0 aliphatic carbocycles. The maximum atomic E-state index is 12.5. The van der Waals surface area contributed by atoms with Crippen molar-refractivity contribution in [2.24, 2.45) is 0 Å². The predicted octanol–water partition coefficient (Wildman–Crippen LogP) is 2.01. The second-order valence-corrected chi connectivity index (χ2v) is 5.61. The fourth-order valence-corrected chi connectivity index (χ4v) is 1.53. The van der Waals surface area contributed by atoms with Gasteiger partial charge in [0, 0.05) is 12.0 Å². The Morgan fingerprint density at radius 2 is 1.88 bits per heavy atom. The van der Waals surface area contributed by atoms with Crippen molar-refractivity contribution in [2.45, 2.75) is 44.6 Å². The van der Waals surface area contributed by atoms with Crippen molar-refractivity contribution in [1.29, 1.82) is 0 Å². The summed E-state index contributed by atoms with van der Waals surface area (Å²) in [6.07, 6.45) is 2.85. The molecular weight excluding hydrogens is 230 g/mol. The molecule has 0 heterocycles. The molecule has 0 N–H and O–H groups in total. The van der Waals surface area contributed by atoms with E-state index < -0.39 is 5.55 Å². The largest absolute Gasteiger partial charge is 0.462 e. The van der Waals surface area contributed by atoms with Gasteiger partial charge in [0.05, 0.1) is 16.8 Å². The summed E-state index contributed by atoms with van der Waals surface area (Å²) in [4.78, 5) is 10.9. The maximum absolute atomic E-state index is 12.5. The molecule has 0 aliphatic rings. The van der Waals surface area contributed by atoms with Crippen LogP contribution >= 0.6 is 0 Å². The first-order chi connectivity index (χ1) is 7.33. The Kier molecular flexibility index (Phi) is 7.21. The Morgan fingerprint density at radius 1 is 1.31 bits per heavy atom. The lowest BCUT2D eigenvalue weighted by molar-refractivity contribution is -0.139. The lowest BCUT2D eigenvalue weighted by Gasteiger charge is -2.09. The molecule has 2 nitrogen and oxygen atoms in total. The molecule has 0 aromatic rings. The number of carbonyl (C=O) groups is 1. The van der Waals surface area contributed by atoms with Crippen LogP contribution in [0, 0.1) is 0 Å². The van der Waals surface area contributed by atoms with Gasteiger partial charge in [0.1, 0.15) is 0 Å². The van der Waals surface area contributed by atoms with E-state index >= 15 is 0 Å². The fourth-order valence-electron chi connectivity index (χ4n) is 1.18. The Morgan fingerprint density at radius 3 is 2.38 bits per heavy atom. The minimum atomic E-state index is -2.42. The number of hydrogen-bond donors (Lipinski definition) is 0. The molecule has 0 bridgehead atoms. The standard InChI is InChI=1S/C11H20F2O2Si/c1-9(2)10(14)15-8-6-4-3-5-7-11(12,13)16/h1,3-8H2,2,16H3. The molecule has 0 saturated carbocycles. The van der Waals surface area contributed by atoms with Crippen LogP contribution < -0.4 is 0 Å². The lowest BCUT2D eigenvalue weighted by atomic mass is 10.1. The summed E-state index contributed by atoms with van der Waals surface area (Å²) >= 11 is 0. The molecule has 94 valence electrons. The number of rotatable bonds is 8. The molecule has 0 saturated heterocycles. The number of hydrogen-bond acceptors (Lipinski definition) is 2. The van der Waals surface area contributed by atoms with Gasteiger partial charge in [0.25, 0.3) is 0 Å². The van der Waals surface area contributed by atoms with Crippen LogP contribution in [0.2, 0.25) is 0 Å². The van der Waals surface area contributed by atoms with Crippen molar-refractivity contribution in [3.8, 4) is 0 Å². The Balaban J connectivity index is 3.29. The first-order valence-corrected chi connectivity index (χ1v) is 6.53. The van der Waals surface area contributed by atoms with Crippen LogP contribution in [-0.2, 0) is 9.53 Å². The van der Waals surface area contributed by atoms with E-state index in [0.717, 1.165) is 19.3 Å². The zero-order chi connectivity index (χ0) is 12.6. The molecule has 0 fully saturated rings. The fraction of sp³-hybridized carbons (Fsp3) is 0.727. The molecule has 5 heteroatoms. The van der Waals surface area contributed by atoms with Crippen LogP contribution in [0.1, 0.15) is 39.0 Å². The third kappa shape index (κ3) is 9.83. The Bertz CT molecular complexity index is 237. The summed E-state index contributed by atoms with van der Waals surface area (Å²) in [6, 6.07) is 0. The third-order valence-corrected chi connectivity index (χ3v) is 2.59.